The molecule has 5 heteroatoms. The molecule has 0 aliphatic carbocycles. The molecular weight excluding hydrogens is 306 g/mol. The highest BCUT2D eigenvalue weighted by molar-refractivity contribution is 6.45. The number of amides is 1. The zero-order valence-electron chi connectivity index (χ0n) is 13.8. The number of methoxy groups -OCH3 is 1. The summed E-state index contributed by atoms with van der Waals surface area (Å²) in [5.74, 6) is -1.39. The lowest BCUT2D eigenvalue weighted by molar-refractivity contribution is -0.132. The lowest BCUT2D eigenvalue weighted by atomic mass is 10.1. The number of anilines is 1. The number of ketones is 1. The number of carbonyl (C=O) groups excluding carboxylic acids is 2. The summed E-state index contributed by atoms with van der Waals surface area (Å²) < 4.78 is 5.06. The Hall–Kier alpha value is -3.08. The Morgan fingerprint density at radius 3 is 2.33 bits per heavy atom. The third kappa shape index (κ3) is 4.01. The molecule has 2 aromatic carbocycles. The number of carbonyl (C=O) groups is 2. The number of aryl methyl sites for hydroxylation is 2. The van der Waals surface area contributed by atoms with E-state index in [0.717, 1.165) is 17.2 Å². The van der Waals surface area contributed by atoms with E-state index < -0.39 is 11.7 Å². The van der Waals surface area contributed by atoms with E-state index in [4.69, 9.17) is 4.74 Å². The van der Waals surface area contributed by atoms with Crippen molar-refractivity contribution in [2.75, 3.05) is 12.4 Å². The van der Waals surface area contributed by atoms with Crippen LogP contribution in [0.3, 0.4) is 0 Å². The van der Waals surface area contributed by atoms with Crippen LogP contribution in [0.15, 0.2) is 48.5 Å². The van der Waals surface area contributed by atoms with E-state index in [0.29, 0.717) is 17.0 Å². The predicted molar refractivity (Wildman–Crippen MR) is 93.2 cm³/mol. The van der Waals surface area contributed by atoms with Crippen molar-refractivity contribution in [3.63, 3.8) is 0 Å². The topological polar surface area (TPSA) is 75.6 Å². The van der Waals surface area contributed by atoms with E-state index in [9.17, 15) is 14.7 Å². The molecule has 1 amide bonds. The molecule has 0 saturated carbocycles. The fraction of sp³-hybridized carbons (Fsp3) is 0.158. The zero-order valence-corrected chi connectivity index (χ0v) is 13.8. The van der Waals surface area contributed by atoms with Gasteiger partial charge in [-0.2, -0.15) is 0 Å². The van der Waals surface area contributed by atoms with Crippen molar-refractivity contribution in [3.8, 4) is 5.75 Å². The van der Waals surface area contributed by atoms with Gasteiger partial charge in [-0.15, -0.1) is 0 Å². The average molecular weight is 325 g/mol. The second-order valence-electron chi connectivity index (χ2n) is 5.35. The van der Waals surface area contributed by atoms with E-state index in [1.165, 1.54) is 7.11 Å². The Morgan fingerprint density at radius 1 is 1.08 bits per heavy atom. The van der Waals surface area contributed by atoms with Crippen molar-refractivity contribution in [2.45, 2.75) is 13.8 Å². The zero-order chi connectivity index (χ0) is 17.7. The first-order chi connectivity index (χ1) is 11.4. The van der Waals surface area contributed by atoms with E-state index in [2.05, 4.69) is 5.32 Å². The molecule has 0 heterocycles. The first kappa shape index (κ1) is 17.3. The van der Waals surface area contributed by atoms with Crippen LogP contribution < -0.4 is 10.1 Å². The van der Waals surface area contributed by atoms with Gasteiger partial charge in [0.2, 0.25) is 5.78 Å². The van der Waals surface area contributed by atoms with Gasteiger partial charge < -0.3 is 15.2 Å². The van der Waals surface area contributed by atoms with E-state index in [1.807, 2.05) is 32.0 Å². The summed E-state index contributed by atoms with van der Waals surface area (Å²) in [5, 5.41) is 12.6. The normalized spacial score (nSPS) is 11.0. The Labute approximate surface area is 140 Å². The van der Waals surface area contributed by atoms with Crippen molar-refractivity contribution < 1.29 is 19.4 Å². The highest BCUT2D eigenvalue weighted by atomic mass is 16.5. The number of ether oxygens (including phenoxy) is 1. The van der Waals surface area contributed by atoms with Crippen molar-refractivity contribution in [1.82, 2.24) is 0 Å². The number of aliphatic hydroxyl groups excluding tert-OH is 1. The summed E-state index contributed by atoms with van der Waals surface area (Å²) >= 11 is 0. The van der Waals surface area contributed by atoms with Crippen LogP contribution in [0.1, 0.15) is 16.7 Å². The molecule has 124 valence electrons. The minimum Gasteiger partial charge on any atom is -0.507 e. The third-order valence-corrected chi connectivity index (χ3v) is 3.58. The molecule has 0 radical (unpaired) electrons. The van der Waals surface area contributed by atoms with Gasteiger partial charge in [-0.25, -0.2) is 0 Å². The molecule has 0 saturated heterocycles. The number of rotatable bonds is 5. The Morgan fingerprint density at radius 2 is 1.71 bits per heavy atom. The average Bonchev–Trinajstić information content (AvgIpc) is 2.58. The van der Waals surface area contributed by atoms with Gasteiger partial charge in [0.25, 0.3) is 5.91 Å². The number of hydrogen-bond acceptors (Lipinski definition) is 4. The smallest absolute Gasteiger partial charge is 0.296 e. The molecule has 0 unspecified atom stereocenters. The van der Waals surface area contributed by atoms with Gasteiger partial charge in [0.15, 0.2) is 0 Å². The third-order valence-electron chi connectivity index (χ3n) is 3.58. The van der Waals surface area contributed by atoms with Crippen molar-refractivity contribution in [1.29, 1.82) is 0 Å². The maximum absolute atomic E-state index is 12.1. The molecule has 2 rings (SSSR count). The number of hydrogen-bond donors (Lipinski definition) is 2. The van der Waals surface area contributed by atoms with Crippen LogP contribution in [-0.2, 0) is 9.59 Å². The second-order valence-corrected chi connectivity index (χ2v) is 5.35. The maximum atomic E-state index is 12.1. The fourth-order valence-electron chi connectivity index (χ4n) is 2.24. The molecule has 2 N–H and O–H groups in total. The Bertz CT molecular complexity index is 789. The van der Waals surface area contributed by atoms with Gasteiger partial charge in [-0.1, -0.05) is 30.3 Å². The van der Waals surface area contributed by atoms with Crippen LogP contribution in [0.25, 0.3) is 5.76 Å². The van der Waals surface area contributed by atoms with Crippen LogP contribution >= 0.6 is 0 Å². The number of nitrogens with one attached hydrogen (secondary N) is 1. The second kappa shape index (κ2) is 7.46. The molecule has 0 aliphatic rings. The van der Waals surface area contributed by atoms with E-state index >= 15 is 0 Å². The summed E-state index contributed by atoms with van der Waals surface area (Å²) in [4.78, 5) is 24.1. The minimum atomic E-state index is -0.835. The highest BCUT2D eigenvalue weighted by Crippen LogP contribution is 2.20. The summed E-state index contributed by atoms with van der Waals surface area (Å²) in [5.41, 5.74) is 2.71. The lowest BCUT2D eigenvalue weighted by Gasteiger charge is -2.10. The summed E-state index contributed by atoms with van der Waals surface area (Å²) in [6.45, 7) is 3.69. The minimum absolute atomic E-state index is 0.296. The van der Waals surface area contributed by atoms with Gasteiger partial charge in [-0.3, -0.25) is 9.59 Å². The number of aliphatic hydroxyl groups is 1. The van der Waals surface area contributed by atoms with Gasteiger partial charge >= 0.3 is 0 Å². The summed E-state index contributed by atoms with van der Waals surface area (Å²) in [6, 6.07) is 12.1. The largest absolute Gasteiger partial charge is 0.507 e. The number of benzene rings is 2. The first-order valence-electron chi connectivity index (χ1n) is 7.39. The fourth-order valence-corrected chi connectivity index (χ4v) is 2.24. The Kier molecular flexibility index (Phi) is 5.37. The predicted octanol–water partition coefficient (Wildman–Crippen LogP) is 3.42. The summed E-state index contributed by atoms with van der Waals surface area (Å²) in [7, 11) is 1.50. The quantitative estimate of drug-likeness (QED) is 0.502. The molecule has 2 aromatic rings. The van der Waals surface area contributed by atoms with Gasteiger partial charge in [0.05, 0.1) is 7.11 Å². The first-order valence-corrected chi connectivity index (χ1v) is 7.39. The maximum Gasteiger partial charge on any atom is 0.296 e. The molecular formula is C19H19NO4. The van der Waals surface area contributed by atoms with Gasteiger partial charge in [0, 0.05) is 17.3 Å². The van der Waals surface area contributed by atoms with Crippen molar-refractivity contribution in [3.05, 3.63) is 65.2 Å². The summed E-state index contributed by atoms with van der Waals surface area (Å²) in [6.07, 6.45) is 0.901. The van der Waals surface area contributed by atoms with Gasteiger partial charge in [0.1, 0.15) is 11.5 Å². The lowest BCUT2D eigenvalue weighted by Crippen LogP contribution is -2.22. The molecule has 0 spiro atoms. The molecule has 0 aliphatic heterocycles. The Balaban J connectivity index is 2.17. The molecule has 0 aromatic heterocycles. The highest BCUT2D eigenvalue weighted by Gasteiger charge is 2.15. The molecule has 0 bridgehead atoms. The van der Waals surface area contributed by atoms with Crippen molar-refractivity contribution >= 4 is 23.1 Å². The van der Waals surface area contributed by atoms with Crippen LogP contribution in [0, 0.1) is 13.8 Å². The van der Waals surface area contributed by atoms with Crippen LogP contribution in [0.2, 0.25) is 0 Å². The monoisotopic (exact) mass is 325 g/mol. The molecule has 5 nitrogen and oxygen atoms in total. The van der Waals surface area contributed by atoms with E-state index in [-0.39, 0.29) is 5.76 Å². The number of para-hydroxylation sites is 1. The van der Waals surface area contributed by atoms with Crippen LogP contribution in [0.4, 0.5) is 5.69 Å². The van der Waals surface area contributed by atoms with Crippen molar-refractivity contribution in [2.24, 2.45) is 0 Å². The standard InChI is InChI=1S/C19H19NO4/c1-12-6-4-7-13(2)18(12)20-19(23)17(22)11-16(21)14-8-5-9-15(10-14)24-3/h4-11,21H,1-3H3,(H,20,23). The molecule has 24 heavy (non-hydrogen) atoms. The van der Waals surface area contributed by atoms with E-state index in [1.54, 1.807) is 24.3 Å². The van der Waals surface area contributed by atoms with Crippen LogP contribution in [0.5, 0.6) is 5.75 Å². The van der Waals surface area contributed by atoms with Crippen LogP contribution in [-0.4, -0.2) is 23.9 Å². The SMILES string of the molecule is COc1cccc(C(O)=CC(=O)C(=O)Nc2c(C)cccc2C)c1. The van der Waals surface area contributed by atoms with Gasteiger partial charge in [-0.05, 0) is 37.1 Å². The molecule has 0 atom stereocenters. The molecule has 0 fully saturated rings.